The van der Waals surface area contributed by atoms with E-state index in [9.17, 15) is 9.59 Å². The molecule has 0 spiro atoms. The molecule has 0 bridgehead atoms. The number of methoxy groups -OCH3 is 1. The summed E-state index contributed by atoms with van der Waals surface area (Å²) < 4.78 is 6.77. The maximum Gasteiger partial charge on any atom is 0.343 e. The first-order valence-corrected chi connectivity index (χ1v) is 9.82. The van der Waals surface area contributed by atoms with Gasteiger partial charge in [-0.3, -0.25) is 9.36 Å². The molecule has 28 heavy (non-hydrogen) atoms. The van der Waals surface area contributed by atoms with Crippen molar-refractivity contribution < 1.29 is 9.53 Å². The van der Waals surface area contributed by atoms with Crippen LogP contribution in [0, 0.1) is 0 Å². The third-order valence-electron chi connectivity index (χ3n) is 4.07. The third-order valence-corrected chi connectivity index (χ3v) is 5.32. The zero-order valence-corrected chi connectivity index (χ0v) is 16.5. The van der Waals surface area contributed by atoms with Crippen molar-refractivity contribution in [2.75, 3.05) is 12.4 Å². The quantitative estimate of drug-likeness (QED) is 0.567. The van der Waals surface area contributed by atoms with Crippen molar-refractivity contribution in [1.29, 1.82) is 0 Å². The van der Waals surface area contributed by atoms with Crippen molar-refractivity contribution in [2.24, 2.45) is 0 Å². The second-order valence-corrected chi connectivity index (χ2v) is 7.17. The number of rotatable bonds is 8. The molecular weight excluding hydrogens is 376 g/mol. The zero-order valence-electron chi connectivity index (χ0n) is 15.7. The molecular formula is C20H22N4O3S. The van der Waals surface area contributed by atoms with E-state index in [1.807, 2.05) is 49.4 Å². The van der Waals surface area contributed by atoms with Crippen LogP contribution in [-0.4, -0.2) is 27.8 Å². The number of benzene rings is 2. The average molecular weight is 398 g/mol. The van der Waals surface area contributed by atoms with Crippen LogP contribution in [0.3, 0.4) is 0 Å². The Morgan fingerprint density at radius 3 is 2.75 bits per heavy atom. The maximum absolute atomic E-state index is 13.1. The Morgan fingerprint density at radius 1 is 1.25 bits per heavy atom. The molecule has 0 saturated heterocycles. The van der Waals surface area contributed by atoms with Crippen molar-refractivity contribution in [3.63, 3.8) is 0 Å². The molecule has 146 valence electrons. The summed E-state index contributed by atoms with van der Waals surface area (Å²) in [6.45, 7) is 2.52. The van der Waals surface area contributed by atoms with E-state index < -0.39 is 5.25 Å². The number of nitrogens with one attached hydrogen (secondary N) is 2. The number of thioether (sulfide) groups is 1. The van der Waals surface area contributed by atoms with Gasteiger partial charge >= 0.3 is 5.69 Å². The third kappa shape index (κ3) is 4.64. The molecule has 2 N–H and O–H groups in total. The summed E-state index contributed by atoms with van der Waals surface area (Å²) in [4.78, 5) is 25.1. The Labute approximate surface area is 167 Å². The molecule has 0 fully saturated rings. The van der Waals surface area contributed by atoms with Gasteiger partial charge in [-0.25, -0.2) is 9.89 Å². The normalized spacial score (nSPS) is 11.8. The first-order chi connectivity index (χ1) is 13.6. The number of carbonyl (C=O) groups excluding carboxylic acids is 1. The van der Waals surface area contributed by atoms with Gasteiger partial charge in [-0.1, -0.05) is 55.1 Å². The number of ether oxygens (including phenoxy) is 1. The summed E-state index contributed by atoms with van der Waals surface area (Å²) in [5.74, 6) is 0.453. The van der Waals surface area contributed by atoms with Crippen LogP contribution in [0.2, 0.25) is 0 Å². The zero-order chi connectivity index (χ0) is 19.9. The van der Waals surface area contributed by atoms with E-state index in [1.165, 1.54) is 11.8 Å². The predicted octanol–water partition coefficient (Wildman–Crippen LogP) is 3.46. The Kier molecular flexibility index (Phi) is 6.54. The molecule has 1 atom stereocenters. The highest BCUT2D eigenvalue weighted by atomic mass is 32.2. The predicted molar refractivity (Wildman–Crippen MR) is 110 cm³/mol. The van der Waals surface area contributed by atoms with Crippen LogP contribution < -0.4 is 15.7 Å². The van der Waals surface area contributed by atoms with Crippen LogP contribution in [0.15, 0.2) is 64.5 Å². The fraction of sp³-hybridized carbons (Fsp3) is 0.250. The molecule has 0 aliphatic rings. The van der Waals surface area contributed by atoms with E-state index in [1.54, 1.807) is 23.8 Å². The SMILES string of the molecule is CCCn1c(S[C@H](C(=O)Nc2cccc(OC)c2)c2ccccc2)n[nH]c1=O. The van der Waals surface area contributed by atoms with E-state index in [4.69, 9.17) is 4.74 Å². The van der Waals surface area contributed by atoms with E-state index in [0.29, 0.717) is 23.1 Å². The minimum Gasteiger partial charge on any atom is -0.497 e. The van der Waals surface area contributed by atoms with Crippen molar-refractivity contribution in [3.8, 4) is 5.75 Å². The second kappa shape index (κ2) is 9.27. The lowest BCUT2D eigenvalue weighted by molar-refractivity contribution is -0.115. The van der Waals surface area contributed by atoms with Gasteiger partial charge in [0.05, 0.1) is 7.11 Å². The molecule has 3 aromatic rings. The number of aromatic amines is 1. The summed E-state index contributed by atoms with van der Waals surface area (Å²) in [7, 11) is 1.58. The Morgan fingerprint density at radius 2 is 2.04 bits per heavy atom. The highest BCUT2D eigenvalue weighted by molar-refractivity contribution is 8.00. The van der Waals surface area contributed by atoms with E-state index >= 15 is 0 Å². The topological polar surface area (TPSA) is 89.0 Å². The Balaban J connectivity index is 1.89. The summed E-state index contributed by atoms with van der Waals surface area (Å²) in [6.07, 6.45) is 0.791. The van der Waals surface area contributed by atoms with Crippen LogP contribution >= 0.6 is 11.8 Å². The van der Waals surface area contributed by atoms with Gasteiger partial charge in [-0.15, -0.1) is 5.10 Å². The highest BCUT2D eigenvalue weighted by Gasteiger charge is 2.25. The van der Waals surface area contributed by atoms with Crippen molar-refractivity contribution in [1.82, 2.24) is 14.8 Å². The van der Waals surface area contributed by atoms with E-state index in [0.717, 1.165) is 12.0 Å². The van der Waals surface area contributed by atoms with Crippen molar-refractivity contribution >= 4 is 23.4 Å². The number of carbonyl (C=O) groups is 1. The molecule has 1 heterocycles. The molecule has 1 amide bonds. The maximum atomic E-state index is 13.1. The molecule has 0 saturated carbocycles. The largest absolute Gasteiger partial charge is 0.497 e. The van der Waals surface area contributed by atoms with Gasteiger partial charge in [0.15, 0.2) is 5.16 Å². The number of amides is 1. The molecule has 0 aliphatic carbocycles. The number of hydrogen-bond acceptors (Lipinski definition) is 5. The van der Waals surface area contributed by atoms with Gasteiger partial charge in [0.1, 0.15) is 11.0 Å². The van der Waals surface area contributed by atoms with Crippen molar-refractivity contribution in [3.05, 3.63) is 70.6 Å². The standard InChI is InChI=1S/C20H22N4O3S/c1-3-12-24-19(26)22-23-20(24)28-17(14-8-5-4-6-9-14)18(25)21-15-10-7-11-16(13-15)27-2/h4-11,13,17H,3,12H2,1-2H3,(H,21,25)(H,22,26)/t17-/m0/s1. The first-order valence-electron chi connectivity index (χ1n) is 8.94. The average Bonchev–Trinajstić information content (AvgIpc) is 3.06. The van der Waals surface area contributed by atoms with Gasteiger partial charge in [-0.2, -0.15) is 0 Å². The highest BCUT2D eigenvalue weighted by Crippen LogP contribution is 2.35. The van der Waals surface area contributed by atoms with Crippen LogP contribution in [-0.2, 0) is 11.3 Å². The van der Waals surface area contributed by atoms with E-state index in [2.05, 4.69) is 15.5 Å². The smallest absolute Gasteiger partial charge is 0.343 e. The Hall–Kier alpha value is -3.00. The monoisotopic (exact) mass is 398 g/mol. The number of H-pyrrole nitrogens is 1. The van der Waals surface area contributed by atoms with Crippen LogP contribution in [0.1, 0.15) is 24.2 Å². The number of nitrogens with zero attached hydrogens (tertiary/aromatic N) is 2. The van der Waals surface area contributed by atoms with Crippen LogP contribution in [0.25, 0.3) is 0 Å². The first kappa shape index (κ1) is 19.8. The number of aromatic nitrogens is 3. The number of anilines is 1. The summed E-state index contributed by atoms with van der Waals surface area (Å²) >= 11 is 1.24. The lowest BCUT2D eigenvalue weighted by Gasteiger charge is -2.17. The van der Waals surface area contributed by atoms with Gasteiger partial charge in [0.2, 0.25) is 5.91 Å². The fourth-order valence-electron chi connectivity index (χ4n) is 2.73. The van der Waals surface area contributed by atoms with Gasteiger partial charge in [0.25, 0.3) is 0 Å². The Bertz CT molecular complexity index is 984. The molecule has 1 aromatic heterocycles. The molecule has 0 radical (unpaired) electrons. The molecule has 7 nitrogen and oxygen atoms in total. The van der Waals surface area contributed by atoms with Gasteiger partial charge in [-0.05, 0) is 24.1 Å². The molecule has 0 unspecified atom stereocenters. The summed E-state index contributed by atoms with van der Waals surface area (Å²) in [5, 5.41) is 9.42. The molecule has 8 heteroatoms. The second-order valence-electron chi connectivity index (χ2n) is 6.09. The molecule has 2 aromatic carbocycles. The van der Waals surface area contributed by atoms with Crippen LogP contribution in [0.4, 0.5) is 5.69 Å². The van der Waals surface area contributed by atoms with Gasteiger partial charge in [0, 0.05) is 18.3 Å². The summed E-state index contributed by atoms with van der Waals surface area (Å²) in [6, 6.07) is 16.6. The van der Waals surface area contributed by atoms with E-state index in [-0.39, 0.29) is 11.6 Å². The van der Waals surface area contributed by atoms with Gasteiger partial charge < -0.3 is 10.1 Å². The van der Waals surface area contributed by atoms with Crippen molar-refractivity contribution in [2.45, 2.75) is 30.3 Å². The summed E-state index contributed by atoms with van der Waals surface area (Å²) in [5.41, 5.74) is 1.19. The molecule has 3 rings (SSSR count). The number of hydrogen-bond donors (Lipinski definition) is 2. The minimum atomic E-state index is -0.571. The minimum absolute atomic E-state index is 0.206. The lowest BCUT2D eigenvalue weighted by Crippen LogP contribution is -2.21. The fourth-order valence-corrected chi connectivity index (χ4v) is 3.80. The van der Waals surface area contributed by atoms with Crippen LogP contribution in [0.5, 0.6) is 5.75 Å². The lowest BCUT2D eigenvalue weighted by atomic mass is 10.1. The molecule has 0 aliphatic heterocycles.